The second-order valence-electron chi connectivity index (χ2n) is 6.48. The molecule has 0 spiro atoms. The largest absolute Gasteiger partial charge is 0.464 e. The maximum absolute atomic E-state index is 11.8. The lowest BCUT2D eigenvalue weighted by molar-refractivity contribution is 0.0689. The molecule has 2 aliphatic rings. The molecule has 150 valence electrons. The number of furan rings is 1. The first-order chi connectivity index (χ1) is 12.9. The van der Waals surface area contributed by atoms with Crippen molar-refractivity contribution in [2.45, 2.75) is 12.3 Å². The highest BCUT2D eigenvalue weighted by Crippen LogP contribution is 2.16. The Balaban J connectivity index is 1.48. The number of nitrogens with one attached hydrogen (secondary N) is 1. The predicted octanol–water partition coefficient (Wildman–Crippen LogP) is 0.552. The highest BCUT2D eigenvalue weighted by atomic mass is 32.2. The van der Waals surface area contributed by atoms with Crippen molar-refractivity contribution in [3.63, 3.8) is 0 Å². The molecule has 0 saturated carbocycles. The van der Waals surface area contributed by atoms with E-state index >= 15 is 0 Å². The molecule has 0 amide bonds. The van der Waals surface area contributed by atoms with Crippen LogP contribution in [0, 0.1) is 0 Å². The van der Waals surface area contributed by atoms with Gasteiger partial charge in [0.2, 0.25) is 0 Å². The average Bonchev–Trinajstić information content (AvgIpc) is 3.18. The van der Waals surface area contributed by atoms with E-state index in [2.05, 4.69) is 19.0 Å². The molecule has 11 heteroatoms. The lowest BCUT2D eigenvalue weighted by Gasteiger charge is -2.27. The summed E-state index contributed by atoms with van der Waals surface area (Å²) in [6.07, 6.45) is 0. The summed E-state index contributed by atoms with van der Waals surface area (Å²) in [6.45, 7) is 3.61. The molecule has 3 rings (SSSR count). The molecule has 0 bridgehead atoms. The van der Waals surface area contributed by atoms with Crippen LogP contribution in [0.5, 0.6) is 0 Å². The van der Waals surface area contributed by atoms with Gasteiger partial charge in [0.05, 0.1) is 32.1 Å². The van der Waals surface area contributed by atoms with Crippen molar-refractivity contribution in [1.29, 1.82) is 0 Å². The fourth-order valence-corrected chi connectivity index (χ4v) is 4.32. The van der Waals surface area contributed by atoms with Crippen molar-refractivity contribution < 1.29 is 17.6 Å². The normalized spacial score (nSPS) is 20.9. The fourth-order valence-electron chi connectivity index (χ4n) is 2.72. The maximum Gasteiger partial charge on any atom is 0.345 e. The zero-order chi connectivity index (χ0) is 19.3. The predicted molar refractivity (Wildman–Crippen MR) is 106 cm³/mol. The van der Waals surface area contributed by atoms with Gasteiger partial charge in [-0.2, -0.15) is 20.2 Å². The van der Waals surface area contributed by atoms with Crippen LogP contribution < -0.4 is 4.72 Å². The van der Waals surface area contributed by atoms with Crippen LogP contribution >= 0.6 is 11.8 Å². The third-order valence-electron chi connectivity index (χ3n) is 3.89. The Kier molecular flexibility index (Phi) is 6.79. The summed E-state index contributed by atoms with van der Waals surface area (Å²) in [7, 11) is 0.316. The molecule has 27 heavy (non-hydrogen) atoms. The minimum Gasteiger partial charge on any atom is -0.464 e. The van der Waals surface area contributed by atoms with E-state index in [-0.39, 0.29) is 0 Å². The second kappa shape index (κ2) is 9.09. The van der Waals surface area contributed by atoms with Crippen LogP contribution in [0.2, 0.25) is 0 Å². The number of ether oxygens (including phenoxy) is 1. The highest BCUT2D eigenvalue weighted by Gasteiger charge is 2.31. The standard InChI is InChI=1S/C16H25N5O4S2/c1-20(2)11-13-3-4-14(25-13)12-26-10-5-17-15-16(19-27(22,23)18-15)21-6-8-24-9-7-21/h3-4H,5-12H2,1-2H3,(H,17,18). The molecule has 3 heterocycles. The third kappa shape index (κ3) is 5.96. The SMILES string of the molecule is CN(C)Cc1ccc(CSCCN=C2NS(=O)(=O)N=C2N2CCOCC2)o1. The van der Waals surface area contributed by atoms with Gasteiger partial charge in [0, 0.05) is 18.8 Å². The summed E-state index contributed by atoms with van der Waals surface area (Å²) in [6, 6.07) is 3.99. The summed E-state index contributed by atoms with van der Waals surface area (Å²) < 4.78 is 40.9. The Labute approximate surface area is 164 Å². The van der Waals surface area contributed by atoms with E-state index in [9.17, 15) is 8.42 Å². The first-order valence-corrected chi connectivity index (χ1v) is 11.3. The Morgan fingerprint density at radius 1 is 1.30 bits per heavy atom. The molecule has 9 nitrogen and oxygen atoms in total. The lowest BCUT2D eigenvalue weighted by atomic mass is 10.3. The van der Waals surface area contributed by atoms with Crippen molar-refractivity contribution in [1.82, 2.24) is 14.5 Å². The van der Waals surface area contributed by atoms with Crippen molar-refractivity contribution in [3.8, 4) is 0 Å². The molecule has 2 aliphatic heterocycles. The van der Waals surface area contributed by atoms with Gasteiger partial charge in [-0.1, -0.05) is 0 Å². The molecular weight excluding hydrogens is 390 g/mol. The minimum absolute atomic E-state index is 0.323. The van der Waals surface area contributed by atoms with E-state index in [1.807, 2.05) is 31.1 Å². The quantitative estimate of drug-likeness (QED) is 0.649. The van der Waals surface area contributed by atoms with E-state index in [1.54, 1.807) is 11.8 Å². The van der Waals surface area contributed by atoms with Gasteiger partial charge in [-0.15, -0.1) is 4.40 Å². The molecule has 0 aliphatic carbocycles. The number of hydrogen-bond donors (Lipinski definition) is 1. The van der Waals surface area contributed by atoms with Gasteiger partial charge in [-0.3, -0.25) is 4.99 Å². The Morgan fingerprint density at radius 2 is 2.04 bits per heavy atom. The molecule has 1 N–H and O–H groups in total. The topological polar surface area (TPSA) is 99.7 Å². The van der Waals surface area contributed by atoms with Crippen LogP contribution in [0.25, 0.3) is 0 Å². The van der Waals surface area contributed by atoms with Crippen molar-refractivity contribution in [2.75, 3.05) is 52.7 Å². The summed E-state index contributed by atoms with van der Waals surface area (Å²) in [5.74, 6) is 4.11. The monoisotopic (exact) mass is 415 g/mol. The molecule has 1 aromatic heterocycles. The van der Waals surface area contributed by atoms with E-state index in [0.717, 1.165) is 29.6 Å². The summed E-state index contributed by atoms with van der Waals surface area (Å²) in [5, 5.41) is 0. The zero-order valence-electron chi connectivity index (χ0n) is 15.5. The van der Waals surface area contributed by atoms with Crippen LogP contribution in [0.4, 0.5) is 0 Å². The van der Waals surface area contributed by atoms with Gasteiger partial charge in [-0.05, 0) is 26.2 Å². The summed E-state index contributed by atoms with van der Waals surface area (Å²) >= 11 is 1.69. The minimum atomic E-state index is -3.69. The molecule has 0 unspecified atom stereocenters. The van der Waals surface area contributed by atoms with Gasteiger partial charge in [-0.25, -0.2) is 4.72 Å². The maximum atomic E-state index is 11.8. The second-order valence-corrected chi connectivity index (χ2v) is 8.92. The molecule has 0 aromatic carbocycles. The van der Waals surface area contributed by atoms with Crippen LogP contribution in [0.1, 0.15) is 11.5 Å². The smallest absolute Gasteiger partial charge is 0.345 e. The number of aliphatic imine (C=N–C) groups is 1. The lowest BCUT2D eigenvalue weighted by Crippen LogP contribution is -2.45. The van der Waals surface area contributed by atoms with Gasteiger partial charge < -0.3 is 19.0 Å². The van der Waals surface area contributed by atoms with E-state index < -0.39 is 10.2 Å². The molecule has 0 radical (unpaired) electrons. The Hall–Kier alpha value is -1.56. The van der Waals surface area contributed by atoms with Crippen molar-refractivity contribution in [2.24, 2.45) is 9.39 Å². The fraction of sp³-hybridized carbons (Fsp3) is 0.625. The molecule has 0 atom stereocenters. The summed E-state index contributed by atoms with van der Waals surface area (Å²) in [4.78, 5) is 8.35. The number of nitrogens with zero attached hydrogens (tertiary/aromatic N) is 4. The molecule has 1 saturated heterocycles. The molecular formula is C16H25N5O4S2. The number of amidine groups is 2. The first kappa shape index (κ1) is 20.2. The Bertz CT molecular complexity index is 797. The molecule has 1 aromatic rings. The number of morpholine rings is 1. The average molecular weight is 416 g/mol. The van der Waals surface area contributed by atoms with Gasteiger partial charge in [0.25, 0.3) is 0 Å². The van der Waals surface area contributed by atoms with Gasteiger partial charge in [0.1, 0.15) is 11.5 Å². The van der Waals surface area contributed by atoms with Gasteiger partial charge in [0.15, 0.2) is 11.7 Å². The van der Waals surface area contributed by atoms with E-state index in [4.69, 9.17) is 9.15 Å². The molecule has 1 fully saturated rings. The van der Waals surface area contributed by atoms with Crippen molar-refractivity contribution >= 4 is 33.6 Å². The van der Waals surface area contributed by atoms with E-state index in [1.165, 1.54) is 0 Å². The van der Waals surface area contributed by atoms with Crippen LogP contribution in [-0.2, 0) is 27.2 Å². The number of hydrogen-bond acceptors (Lipinski definition) is 8. The third-order valence-corrected chi connectivity index (χ3v) is 5.72. The summed E-state index contributed by atoms with van der Waals surface area (Å²) in [5.41, 5.74) is 0. The number of thioether (sulfide) groups is 1. The highest BCUT2D eigenvalue weighted by molar-refractivity contribution is 7.98. The van der Waals surface area contributed by atoms with Crippen LogP contribution in [-0.4, -0.2) is 82.6 Å². The first-order valence-electron chi connectivity index (χ1n) is 8.73. The van der Waals surface area contributed by atoms with Crippen molar-refractivity contribution in [3.05, 3.63) is 23.7 Å². The van der Waals surface area contributed by atoms with E-state index in [0.29, 0.717) is 44.5 Å². The number of rotatable bonds is 7. The van der Waals surface area contributed by atoms with Crippen LogP contribution in [0.3, 0.4) is 0 Å². The zero-order valence-corrected chi connectivity index (χ0v) is 17.2. The van der Waals surface area contributed by atoms with Crippen LogP contribution in [0.15, 0.2) is 25.9 Å². The van der Waals surface area contributed by atoms with Gasteiger partial charge >= 0.3 is 10.2 Å². The Morgan fingerprint density at radius 3 is 2.78 bits per heavy atom.